The van der Waals surface area contributed by atoms with Crippen LogP contribution in [0.2, 0.25) is 0 Å². The van der Waals surface area contributed by atoms with Crippen molar-refractivity contribution in [3.05, 3.63) is 11.7 Å². The molecule has 1 fully saturated rings. The minimum atomic E-state index is -0.322. The summed E-state index contributed by atoms with van der Waals surface area (Å²) in [5.41, 5.74) is -0.322. The van der Waals surface area contributed by atoms with Crippen molar-refractivity contribution in [1.82, 2.24) is 20.8 Å². The molecule has 0 bridgehead atoms. The molecule has 102 valence electrons. The van der Waals surface area contributed by atoms with E-state index in [9.17, 15) is 4.79 Å². The van der Waals surface area contributed by atoms with Crippen molar-refractivity contribution in [1.29, 1.82) is 0 Å². The highest BCUT2D eigenvalue weighted by Gasteiger charge is 2.34. The van der Waals surface area contributed by atoms with Gasteiger partial charge < -0.3 is 15.2 Å². The molecule has 2 N–H and O–H groups in total. The summed E-state index contributed by atoms with van der Waals surface area (Å²) >= 11 is 0. The third-order valence-electron chi connectivity index (χ3n) is 3.12. The van der Waals surface area contributed by atoms with Crippen LogP contribution >= 0.6 is 12.4 Å². The van der Waals surface area contributed by atoms with Gasteiger partial charge in [-0.25, -0.2) is 0 Å². The van der Waals surface area contributed by atoms with Crippen molar-refractivity contribution < 1.29 is 9.32 Å². The monoisotopic (exact) mass is 274 g/mol. The molecule has 1 unspecified atom stereocenters. The van der Waals surface area contributed by atoms with Gasteiger partial charge in [0.1, 0.15) is 0 Å². The topological polar surface area (TPSA) is 80.0 Å². The van der Waals surface area contributed by atoms with Gasteiger partial charge in [-0.15, -0.1) is 12.4 Å². The Labute approximate surface area is 112 Å². The average molecular weight is 275 g/mol. The lowest BCUT2D eigenvalue weighted by molar-refractivity contribution is -0.131. The van der Waals surface area contributed by atoms with Gasteiger partial charge in [0.05, 0.1) is 12.0 Å². The Kier molecular flexibility index (Phi) is 5.10. The van der Waals surface area contributed by atoms with Gasteiger partial charge in [-0.05, 0) is 26.3 Å². The zero-order valence-electron chi connectivity index (χ0n) is 10.7. The third kappa shape index (κ3) is 3.43. The lowest BCUT2D eigenvalue weighted by Gasteiger charge is -2.32. The molecule has 2 rings (SSSR count). The maximum atomic E-state index is 12.1. The van der Waals surface area contributed by atoms with E-state index >= 15 is 0 Å². The predicted octanol–water partition coefficient (Wildman–Crippen LogP) is 0.806. The smallest absolute Gasteiger partial charge is 0.227 e. The van der Waals surface area contributed by atoms with Gasteiger partial charge in [-0.2, -0.15) is 4.98 Å². The predicted molar refractivity (Wildman–Crippen MR) is 68.3 cm³/mol. The third-order valence-corrected chi connectivity index (χ3v) is 3.12. The van der Waals surface area contributed by atoms with E-state index in [0.29, 0.717) is 18.3 Å². The number of aromatic nitrogens is 2. The van der Waals surface area contributed by atoms with Crippen LogP contribution in [0.25, 0.3) is 0 Å². The highest BCUT2D eigenvalue weighted by atomic mass is 35.5. The number of aryl methyl sites for hydroxylation is 1. The Hall–Kier alpha value is -1.14. The number of hydrogen-bond donors (Lipinski definition) is 2. The van der Waals surface area contributed by atoms with Crippen molar-refractivity contribution >= 4 is 18.3 Å². The molecule has 1 amide bonds. The van der Waals surface area contributed by atoms with Gasteiger partial charge in [0.15, 0.2) is 5.82 Å². The molecule has 7 heteroatoms. The standard InChI is InChI=1S/C11H18N4O2.ClH/c1-8-14-9(15-17-8)6-13-10(16)11(2)4-3-5-12-7-11;/h12H,3-7H2,1-2H3,(H,13,16);1H. The molecule has 1 saturated heterocycles. The lowest BCUT2D eigenvalue weighted by atomic mass is 9.82. The fourth-order valence-corrected chi connectivity index (χ4v) is 2.04. The van der Waals surface area contributed by atoms with E-state index < -0.39 is 0 Å². The van der Waals surface area contributed by atoms with Crippen LogP contribution in [0.15, 0.2) is 4.52 Å². The quantitative estimate of drug-likeness (QED) is 0.852. The van der Waals surface area contributed by atoms with Crippen LogP contribution in [0, 0.1) is 12.3 Å². The fraction of sp³-hybridized carbons (Fsp3) is 0.727. The van der Waals surface area contributed by atoms with Crippen LogP contribution in [0.3, 0.4) is 0 Å². The molecule has 1 aromatic heterocycles. The minimum Gasteiger partial charge on any atom is -0.348 e. The summed E-state index contributed by atoms with van der Waals surface area (Å²) < 4.78 is 4.84. The Balaban J connectivity index is 0.00000162. The van der Waals surface area contributed by atoms with Crippen LogP contribution in [-0.4, -0.2) is 29.1 Å². The summed E-state index contributed by atoms with van der Waals surface area (Å²) in [7, 11) is 0. The average Bonchev–Trinajstić information content (AvgIpc) is 2.73. The van der Waals surface area contributed by atoms with Crippen LogP contribution in [0.1, 0.15) is 31.5 Å². The molecular formula is C11H19ClN4O2. The molecule has 1 atom stereocenters. The van der Waals surface area contributed by atoms with E-state index in [4.69, 9.17) is 4.52 Å². The SMILES string of the molecule is Cc1nc(CNC(=O)C2(C)CCCNC2)no1.Cl. The normalized spacial score (nSPS) is 23.2. The molecule has 1 aliphatic rings. The number of nitrogens with zero attached hydrogens (tertiary/aromatic N) is 2. The number of amides is 1. The van der Waals surface area contributed by atoms with Gasteiger partial charge in [0.25, 0.3) is 0 Å². The highest BCUT2D eigenvalue weighted by Crippen LogP contribution is 2.25. The maximum Gasteiger partial charge on any atom is 0.227 e. The lowest BCUT2D eigenvalue weighted by Crippen LogP contribution is -2.48. The molecule has 0 radical (unpaired) electrons. The first-order valence-corrected chi connectivity index (χ1v) is 5.88. The summed E-state index contributed by atoms with van der Waals surface area (Å²) in [5.74, 6) is 1.08. The molecule has 1 aromatic rings. The molecule has 6 nitrogen and oxygen atoms in total. The molecule has 0 spiro atoms. The van der Waals surface area contributed by atoms with E-state index in [1.807, 2.05) is 6.92 Å². The second-order valence-electron chi connectivity index (χ2n) is 4.75. The largest absolute Gasteiger partial charge is 0.348 e. The van der Waals surface area contributed by atoms with E-state index in [-0.39, 0.29) is 23.7 Å². The van der Waals surface area contributed by atoms with Crippen LogP contribution in [-0.2, 0) is 11.3 Å². The highest BCUT2D eigenvalue weighted by molar-refractivity contribution is 5.85. The van der Waals surface area contributed by atoms with Crippen LogP contribution in [0.4, 0.5) is 0 Å². The number of hydrogen-bond acceptors (Lipinski definition) is 5. The summed E-state index contributed by atoms with van der Waals surface area (Å²) in [5, 5.41) is 9.85. The van der Waals surface area contributed by atoms with Crippen molar-refractivity contribution in [2.24, 2.45) is 5.41 Å². The Morgan fingerprint density at radius 3 is 2.94 bits per heavy atom. The fourth-order valence-electron chi connectivity index (χ4n) is 2.04. The Bertz CT molecular complexity index is 402. The number of piperidine rings is 1. The number of halogens is 1. The molecule has 18 heavy (non-hydrogen) atoms. The first-order valence-electron chi connectivity index (χ1n) is 5.88. The summed E-state index contributed by atoms with van der Waals surface area (Å²) in [6, 6.07) is 0. The van der Waals surface area contributed by atoms with E-state index in [1.54, 1.807) is 6.92 Å². The molecule has 0 aromatic carbocycles. The summed E-state index contributed by atoms with van der Waals surface area (Å²) in [4.78, 5) is 16.1. The van der Waals surface area contributed by atoms with E-state index in [1.165, 1.54) is 0 Å². The van der Waals surface area contributed by atoms with Crippen LogP contribution < -0.4 is 10.6 Å². The molecule has 0 saturated carbocycles. The molecule has 2 heterocycles. The summed E-state index contributed by atoms with van der Waals surface area (Å²) in [6.07, 6.45) is 1.95. The van der Waals surface area contributed by atoms with Gasteiger partial charge in [0, 0.05) is 13.5 Å². The molecule has 1 aliphatic heterocycles. The van der Waals surface area contributed by atoms with Crippen molar-refractivity contribution in [3.8, 4) is 0 Å². The number of rotatable bonds is 3. The van der Waals surface area contributed by atoms with Gasteiger partial charge in [-0.1, -0.05) is 5.16 Å². The number of nitrogens with one attached hydrogen (secondary N) is 2. The van der Waals surface area contributed by atoms with Crippen molar-refractivity contribution in [2.75, 3.05) is 13.1 Å². The number of carbonyl (C=O) groups is 1. The number of carbonyl (C=O) groups excluding carboxylic acids is 1. The van der Waals surface area contributed by atoms with E-state index in [0.717, 1.165) is 25.9 Å². The molecule has 0 aliphatic carbocycles. The van der Waals surface area contributed by atoms with Gasteiger partial charge in [-0.3, -0.25) is 4.79 Å². The Morgan fingerprint density at radius 2 is 2.39 bits per heavy atom. The van der Waals surface area contributed by atoms with Crippen molar-refractivity contribution in [3.63, 3.8) is 0 Å². The molecular weight excluding hydrogens is 256 g/mol. The second kappa shape index (κ2) is 6.15. The van der Waals surface area contributed by atoms with Crippen molar-refractivity contribution in [2.45, 2.75) is 33.2 Å². The van der Waals surface area contributed by atoms with Gasteiger partial charge in [0.2, 0.25) is 11.8 Å². The zero-order valence-corrected chi connectivity index (χ0v) is 11.5. The maximum absolute atomic E-state index is 12.1. The van der Waals surface area contributed by atoms with E-state index in [2.05, 4.69) is 20.8 Å². The van der Waals surface area contributed by atoms with Crippen LogP contribution in [0.5, 0.6) is 0 Å². The first kappa shape index (κ1) is 14.9. The zero-order chi connectivity index (χ0) is 12.3. The Morgan fingerprint density at radius 1 is 1.61 bits per heavy atom. The minimum absolute atomic E-state index is 0. The second-order valence-corrected chi connectivity index (χ2v) is 4.75. The summed E-state index contributed by atoms with van der Waals surface area (Å²) in [6.45, 7) is 5.75. The van der Waals surface area contributed by atoms with Gasteiger partial charge >= 0.3 is 0 Å². The first-order chi connectivity index (χ1) is 8.10.